The zero-order valence-corrected chi connectivity index (χ0v) is 11.3. The Morgan fingerprint density at radius 2 is 1.88 bits per heavy atom. The number of carbonyl (C=O) groups excluding carboxylic acids is 1. The molecule has 0 aromatic carbocycles. The molecule has 0 bridgehead atoms. The van der Waals surface area contributed by atoms with E-state index < -0.39 is 0 Å². The summed E-state index contributed by atoms with van der Waals surface area (Å²) in [5.74, 6) is 1.41. The zero-order chi connectivity index (χ0) is 12.0. The maximum absolute atomic E-state index is 11.3. The number of thiol groups is 1. The lowest BCUT2D eigenvalue weighted by Gasteiger charge is -2.27. The van der Waals surface area contributed by atoms with Gasteiger partial charge in [0.1, 0.15) is 0 Å². The Morgan fingerprint density at radius 1 is 1.31 bits per heavy atom. The first-order valence-corrected chi connectivity index (χ1v) is 6.97. The fraction of sp³-hybridized carbons (Fsp3) is 0.923. The van der Waals surface area contributed by atoms with Gasteiger partial charge in [-0.05, 0) is 24.7 Å². The molecule has 1 saturated carbocycles. The SMILES string of the molecule is CCC1CCC(COC(=O)CC(C)S)CC1. The summed E-state index contributed by atoms with van der Waals surface area (Å²) in [6, 6.07) is 0. The van der Waals surface area contributed by atoms with Crippen LogP contribution in [0.25, 0.3) is 0 Å². The summed E-state index contributed by atoms with van der Waals surface area (Å²) < 4.78 is 5.27. The maximum atomic E-state index is 11.3. The number of ether oxygens (including phenoxy) is 1. The standard InChI is InChI=1S/C13H24O2S/c1-3-11-4-6-12(7-5-11)9-15-13(14)8-10(2)16/h10-12,16H,3-9H2,1-2H3. The van der Waals surface area contributed by atoms with Crippen LogP contribution in [0, 0.1) is 11.8 Å². The Balaban J connectivity index is 2.12. The summed E-state index contributed by atoms with van der Waals surface area (Å²) >= 11 is 4.18. The van der Waals surface area contributed by atoms with E-state index in [1.165, 1.54) is 32.1 Å². The summed E-state index contributed by atoms with van der Waals surface area (Å²) in [6.45, 7) is 4.80. The zero-order valence-electron chi connectivity index (χ0n) is 10.4. The number of carbonyl (C=O) groups is 1. The molecule has 0 saturated heterocycles. The highest BCUT2D eigenvalue weighted by Gasteiger charge is 2.21. The van der Waals surface area contributed by atoms with E-state index in [4.69, 9.17) is 4.74 Å². The average molecular weight is 244 g/mol. The molecular weight excluding hydrogens is 220 g/mol. The fourth-order valence-electron chi connectivity index (χ4n) is 2.32. The molecule has 1 fully saturated rings. The third kappa shape index (κ3) is 5.24. The Hall–Kier alpha value is -0.180. The topological polar surface area (TPSA) is 26.3 Å². The minimum absolute atomic E-state index is 0.0971. The molecule has 1 aliphatic rings. The van der Waals surface area contributed by atoms with Crippen LogP contribution in [0.15, 0.2) is 0 Å². The molecule has 2 nitrogen and oxygen atoms in total. The quantitative estimate of drug-likeness (QED) is 0.592. The van der Waals surface area contributed by atoms with Gasteiger partial charge in [0.05, 0.1) is 13.0 Å². The van der Waals surface area contributed by atoms with Gasteiger partial charge >= 0.3 is 5.97 Å². The van der Waals surface area contributed by atoms with E-state index >= 15 is 0 Å². The maximum Gasteiger partial charge on any atom is 0.306 e. The van der Waals surface area contributed by atoms with Gasteiger partial charge < -0.3 is 4.74 Å². The summed E-state index contributed by atoms with van der Waals surface area (Å²) in [7, 11) is 0. The number of hydrogen-bond acceptors (Lipinski definition) is 3. The lowest BCUT2D eigenvalue weighted by atomic mass is 9.81. The number of rotatable bonds is 5. The molecular formula is C13H24O2S. The van der Waals surface area contributed by atoms with Crippen molar-refractivity contribution in [2.45, 2.75) is 57.6 Å². The molecule has 0 N–H and O–H groups in total. The van der Waals surface area contributed by atoms with Gasteiger partial charge in [0, 0.05) is 5.25 Å². The number of esters is 1. The molecule has 1 rings (SSSR count). The fourth-order valence-corrected chi connectivity index (χ4v) is 2.47. The van der Waals surface area contributed by atoms with E-state index in [9.17, 15) is 4.79 Å². The van der Waals surface area contributed by atoms with E-state index in [0.717, 1.165) is 5.92 Å². The Bertz CT molecular complexity index is 208. The van der Waals surface area contributed by atoms with Crippen LogP contribution in [0.4, 0.5) is 0 Å². The minimum atomic E-state index is -0.0971. The Kier molecular flexibility index (Phi) is 6.25. The molecule has 0 spiro atoms. The Labute approximate surface area is 105 Å². The summed E-state index contributed by atoms with van der Waals surface area (Å²) in [5, 5.41) is 0.100. The molecule has 16 heavy (non-hydrogen) atoms. The average Bonchev–Trinajstić information content (AvgIpc) is 2.26. The highest BCUT2D eigenvalue weighted by molar-refractivity contribution is 7.80. The number of hydrogen-bond donors (Lipinski definition) is 1. The first kappa shape index (κ1) is 13.9. The van der Waals surface area contributed by atoms with Crippen molar-refractivity contribution in [3.05, 3.63) is 0 Å². The van der Waals surface area contributed by atoms with E-state index in [-0.39, 0.29) is 11.2 Å². The monoisotopic (exact) mass is 244 g/mol. The van der Waals surface area contributed by atoms with Crippen molar-refractivity contribution in [3.8, 4) is 0 Å². The van der Waals surface area contributed by atoms with E-state index in [0.29, 0.717) is 18.9 Å². The second kappa shape index (κ2) is 7.21. The van der Waals surface area contributed by atoms with Crippen molar-refractivity contribution in [2.24, 2.45) is 11.8 Å². The minimum Gasteiger partial charge on any atom is -0.465 e. The van der Waals surface area contributed by atoms with Crippen molar-refractivity contribution in [3.63, 3.8) is 0 Å². The molecule has 0 aromatic rings. The second-order valence-corrected chi connectivity index (χ2v) is 5.91. The van der Waals surface area contributed by atoms with Crippen LogP contribution < -0.4 is 0 Å². The van der Waals surface area contributed by atoms with Gasteiger partial charge in [-0.15, -0.1) is 0 Å². The summed E-state index contributed by atoms with van der Waals surface area (Å²) in [5.41, 5.74) is 0. The third-order valence-electron chi connectivity index (χ3n) is 3.49. The van der Waals surface area contributed by atoms with Crippen molar-refractivity contribution >= 4 is 18.6 Å². The van der Waals surface area contributed by atoms with Crippen LogP contribution in [-0.4, -0.2) is 17.8 Å². The van der Waals surface area contributed by atoms with Crippen molar-refractivity contribution in [1.82, 2.24) is 0 Å². The van der Waals surface area contributed by atoms with Gasteiger partial charge in [-0.3, -0.25) is 4.79 Å². The molecule has 0 aliphatic heterocycles. The smallest absolute Gasteiger partial charge is 0.306 e. The lowest BCUT2D eigenvalue weighted by Crippen LogP contribution is -2.21. The van der Waals surface area contributed by atoms with Gasteiger partial charge in [0.15, 0.2) is 0 Å². The predicted molar refractivity (Wildman–Crippen MR) is 69.8 cm³/mol. The molecule has 3 heteroatoms. The van der Waals surface area contributed by atoms with Gasteiger partial charge in [-0.25, -0.2) is 0 Å². The highest BCUT2D eigenvalue weighted by Crippen LogP contribution is 2.30. The van der Waals surface area contributed by atoms with Crippen LogP contribution in [0.5, 0.6) is 0 Å². The lowest BCUT2D eigenvalue weighted by molar-refractivity contribution is -0.145. The second-order valence-electron chi connectivity index (χ2n) is 5.03. The molecule has 1 atom stereocenters. The first-order chi connectivity index (χ1) is 7.61. The summed E-state index contributed by atoms with van der Waals surface area (Å²) in [4.78, 5) is 11.3. The van der Waals surface area contributed by atoms with Crippen LogP contribution >= 0.6 is 12.6 Å². The molecule has 0 amide bonds. The van der Waals surface area contributed by atoms with Crippen LogP contribution in [0.2, 0.25) is 0 Å². The van der Waals surface area contributed by atoms with E-state index in [1.54, 1.807) is 0 Å². The predicted octanol–water partition coefficient (Wildman–Crippen LogP) is 3.45. The Morgan fingerprint density at radius 3 is 2.38 bits per heavy atom. The third-order valence-corrected chi connectivity index (χ3v) is 3.67. The van der Waals surface area contributed by atoms with Crippen molar-refractivity contribution in [1.29, 1.82) is 0 Å². The molecule has 1 unspecified atom stereocenters. The summed E-state index contributed by atoms with van der Waals surface area (Å²) in [6.07, 6.45) is 6.78. The molecule has 0 aromatic heterocycles. The van der Waals surface area contributed by atoms with Gasteiger partial charge in [0.2, 0.25) is 0 Å². The van der Waals surface area contributed by atoms with Gasteiger partial charge in [-0.1, -0.05) is 33.1 Å². The molecule has 0 radical (unpaired) electrons. The van der Waals surface area contributed by atoms with E-state index in [1.807, 2.05) is 6.92 Å². The van der Waals surface area contributed by atoms with Gasteiger partial charge in [0.25, 0.3) is 0 Å². The molecule has 0 heterocycles. The van der Waals surface area contributed by atoms with Crippen molar-refractivity contribution in [2.75, 3.05) is 6.61 Å². The van der Waals surface area contributed by atoms with Crippen LogP contribution in [0.1, 0.15) is 52.4 Å². The first-order valence-electron chi connectivity index (χ1n) is 6.45. The van der Waals surface area contributed by atoms with Crippen LogP contribution in [0.3, 0.4) is 0 Å². The van der Waals surface area contributed by atoms with Crippen molar-refractivity contribution < 1.29 is 9.53 Å². The van der Waals surface area contributed by atoms with E-state index in [2.05, 4.69) is 19.6 Å². The van der Waals surface area contributed by atoms with Gasteiger partial charge in [-0.2, -0.15) is 12.6 Å². The highest BCUT2D eigenvalue weighted by atomic mass is 32.1. The van der Waals surface area contributed by atoms with Crippen LogP contribution in [-0.2, 0) is 9.53 Å². The molecule has 94 valence electrons. The molecule has 1 aliphatic carbocycles. The largest absolute Gasteiger partial charge is 0.465 e. The normalized spacial score (nSPS) is 27.4.